The number of thiol groups is 1. The third kappa shape index (κ3) is 7370. The molecular formula is C4H6OS2. The number of carbonyl (C=O) groups excluding carboxylic acids is 1. The summed E-state index contributed by atoms with van der Waals surface area (Å²) in [6, 6.07) is 0. The van der Waals surface area contributed by atoms with Crippen LogP contribution in [0.5, 0.6) is 0 Å². The number of rotatable bonds is 0. The summed E-state index contributed by atoms with van der Waals surface area (Å²) in [5, 5.41) is 0. The molecule has 7 heavy (non-hydrogen) atoms. The molecule has 0 saturated carbocycles. The molecule has 0 radical (unpaired) electrons. The minimum Gasteiger partial charge on any atom is -0.234 e. The van der Waals surface area contributed by atoms with Gasteiger partial charge in [-0.3, -0.25) is 0 Å². The van der Waals surface area contributed by atoms with Gasteiger partial charge in [-0.2, -0.15) is 0 Å². The summed E-state index contributed by atoms with van der Waals surface area (Å²) in [6.07, 6.45) is 0. The first-order valence-corrected chi connectivity index (χ1v) is 2.34. The van der Waals surface area contributed by atoms with E-state index in [1.54, 1.807) is 6.92 Å². The molecule has 0 aromatic heterocycles. The first-order chi connectivity index (χ1) is 3.15. The van der Waals surface area contributed by atoms with Gasteiger partial charge in [0.25, 0.3) is 0 Å². The van der Waals surface area contributed by atoms with Gasteiger partial charge in [0.2, 0.25) is 0 Å². The van der Waals surface area contributed by atoms with E-state index in [0.29, 0.717) is 4.20 Å². The van der Waals surface area contributed by atoms with Crippen molar-refractivity contribution in [2.45, 2.75) is 6.92 Å². The van der Waals surface area contributed by atoms with Crippen LogP contribution in [0.2, 0.25) is 0 Å². The molecule has 1 nitrogen and oxygen atoms in total. The predicted molar refractivity (Wildman–Crippen MR) is 38.6 cm³/mol. The van der Waals surface area contributed by atoms with Crippen LogP contribution in [0.1, 0.15) is 6.92 Å². The Morgan fingerprint density at radius 2 is 2.00 bits per heavy atom. The van der Waals surface area contributed by atoms with Crippen LogP contribution in [-0.2, 0) is 4.79 Å². The number of hydrogen-bond donors (Lipinski definition) is 1. The normalized spacial score (nSPS) is 4.86. The third-order valence-electron chi connectivity index (χ3n) is 0. The van der Waals surface area contributed by atoms with Gasteiger partial charge in [-0.05, 0) is 13.5 Å². The molecule has 0 fully saturated rings. The average Bonchev–Trinajstić information content (AvgIpc) is 1.33. The molecule has 0 aliphatic carbocycles. The van der Waals surface area contributed by atoms with Crippen LogP contribution >= 0.6 is 24.8 Å². The maximum atomic E-state index is 8.57. The van der Waals surface area contributed by atoms with E-state index in [1.807, 2.05) is 0 Å². The first kappa shape index (κ1) is 10.00. The lowest BCUT2D eigenvalue weighted by atomic mass is 11.0. The second-order valence-electron chi connectivity index (χ2n) is 0.663. The summed E-state index contributed by atoms with van der Waals surface area (Å²) in [5.41, 5.74) is 0. The fraction of sp³-hybridized carbons (Fsp3) is 0.250. The van der Waals surface area contributed by atoms with Gasteiger partial charge in [0, 0.05) is 4.20 Å². The summed E-state index contributed by atoms with van der Waals surface area (Å²) < 4.78 is 0.694. The van der Waals surface area contributed by atoms with Crippen LogP contribution in [0.3, 0.4) is 0 Å². The molecule has 0 N–H and O–H groups in total. The largest absolute Gasteiger partial charge is 0.234 e. The van der Waals surface area contributed by atoms with Gasteiger partial charge in [-0.25, -0.2) is 4.79 Å². The van der Waals surface area contributed by atoms with Crippen LogP contribution in [0.15, 0.2) is 6.58 Å². The maximum Gasteiger partial charge on any atom is 0.116 e. The van der Waals surface area contributed by atoms with Crippen LogP contribution in [0, 0.1) is 0 Å². The lowest BCUT2D eigenvalue weighted by Gasteiger charge is -1.60. The van der Waals surface area contributed by atoms with Gasteiger partial charge in [-0.1, -0.05) is 12.2 Å². The Hall–Kier alpha value is -0.110. The van der Waals surface area contributed by atoms with E-state index >= 15 is 0 Å². The van der Waals surface area contributed by atoms with Crippen LogP contribution in [0.25, 0.3) is 0 Å². The summed E-state index contributed by atoms with van der Waals surface area (Å²) >= 11 is 8.10. The van der Waals surface area contributed by atoms with Gasteiger partial charge < -0.3 is 0 Å². The average molecular weight is 134 g/mol. The molecule has 0 saturated heterocycles. The summed E-state index contributed by atoms with van der Waals surface area (Å²) in [4.78, 5) is 8.57. The molecule has 0 aliphatic rings. The van der Waals surface area contributed by atoms with E-state index in [9.17, 15) is 0 Å². The summed E-state index contributed by atoms with van der Waals surface area (Å²) in [7, 11) is 0. The van der Waals surface area contributed by atoms with Crippen LogP contribution < -0.4 is 0 Å². The molecule has 0 amide bonds. The second kappa shape index (κ2) is 9.31. The molecule has 0 aliphatic heterocycles. The Kier molecular flexibility index (Phi) is 13.3. The van der Waals surface area contributed by atoms with Crippen molar-refractivity contribution in [1.82, 2.24) is 0 Å². The van der Waals surface area contributed by atoms with E-state index in [4.69, 9.17) is 4.79 Å². The van der Waals surface area contributed by atoms with Gasteiger partial charge >= 0.3 is 0 Å². The number of hydrogen-bond acceptors (Lipinski definition) is 2. The highest BCUT2D eigenvalue weighted by atomic mass is 32.1. The summed E-state index contributed by atoms with van der Waals surface area (Å²) in [6.45, 7) is 4.44. The van der Waals surface area contributed by atoms with Crippen molar-refractivity contribution >= 4 is 35.0 Å². The summed E-state index contributed by atoms with van der Waals surface area (Å²) in [5.74, 6) is 1.25. The molecule has 0 unspecified atom stereocenters. The molecule has 3 heteroatoms. The monoisotopic (exact) mass is 134 g/mol. The van der Waals surface area contributed by atoms with Gasteiger partial charge in [0.15, 0.2) is 0 Å². The lowest BCUT2D eigenvalue weighted by molar-refractivity contribution is 0.569. The van der Waals surface area contributed by atoms with Crippen molar-refractivity contribution in [3.63, 3.8) is 0 Å². The Morgan fingerprint density at radius 3 is 2.00 bits per heavy atom. The zero-order chi connectivity index (χ0) is 6.28. The molecular weight excluding hydrogens is 128 g/mol. The smallest absolute Gasteiger partial charge is 0.116 e. The fourth-order valence-electron chi connectivity index (χ4n) is 0. The van der Waals surface area contributed by atoms with Gasteiger partial charge in [0.05, 0.1) is 0 Å². The van der Waals surface area contributed by atoms with Crippen molar-refractivity contribution in [2.75, 3.05) is 0 Å². The van der Waals surface area contributed by atoms with Gasteiger partial charge in [0.1, 0.15) is 5.94 Å². The minimum atomic E-state index is 0.694. The van der Waals surface area contributed by atoms with Crippen molar-refractivity contribution in [3.05, 3.63) is 6.58 Å². The predicted octanol–water partition coefficient (Wildman–Crippen LogP) is 1.27. The molecule has 0 rings (SSSR count). The number of thiocarbonyl (C=S) groups is 1. The minimum absolute atomic E-state index is 0.694. The van der Waals surface area contributed by atoms with Crippen molar-refractivity contribution < 1.29 is 4.79 Å². The quantitative estimate of drug-likeness (QED) is 0.305. The third-order valence-corrected chi connectivity index (χ3v) is 0. The highest BCUT2D eigenvalue weighted by molar-refractivity contribution is 8.11. The molecule has 40 valence electrons. The fourth-order valence-corrected chi connectivity index (χ4v) is 0. The molecule has 0 aromatic carbocycles. The first-order valence-electron chi connectivity index (χ1n) is 1.49. The topological polar surface area (TPSA) is 17.1 Å². The maximum absolute atomic E-state index is 8.57. The molecule has 0 spiro atoms. The van der Waals surface area contributed by atoms with Crippen LogP contribution in [0.4, 0.5) is 0 Å². The molecule has 0 aromatic rings. The highest BCUT2D eigenvalue weighted by Gasteiger charge is 1.56. The van der Waals surface area contributed by atoms with Crippen LogP contribution in [-0.4, -0.2) is 10.1 Å². The van der Waals surface area contributed by atoms with Gasteiger partial charge in [-0.15, -0.1) is 12.6 Å². The zero-order valence-corrected chi connectivity index (χ0v) is 5.68. The van der Waals surface area contributed by atoms with E-state index in [-0.39, 0.29) is 0 Å². The lowest BCUT2D eigenvalue weighted by Crippen LogP contribution is -1.55. The van der Waals surface area contributed by atoms with E-state index in [0.717, 1.165) is 0 Å². The Balaban J connectivity index is 0. The standard InChI is InChI=1S/C2H2O.C2H4S2/c1-2-3;1-2(3)4/h1H2;1H3,(H,3,4). The van der Waals surface area contributed by atoms with Crippen molar-refractivity contribution in [2.24, 2.45) is 0 Å². The van der Waals surface area contributed by atoms with Crippen molar-refractivity contribution in [3.8, 4) is 0 Å². The Labute approximate surface area is 53.8 Å². The second-order valence-corrected chi connectivity index (χ2v) is 2.25. The SMILES string of the molecule is C=C=O.CC(=S)S. The molecule has 0 heterocycles. The zero-order valence-electron chi connectivity index (χ0n) is 3.97. The van der Waals surface area contributed by atoms with E-state index < -0.39 is 0 Å². The Bertz CT molecular complexity index is 77.7. The molecule has 0 atom stereocenters. The van der Waals surface area contributed by atoms with E-state index in [2.05, 4.69) is 31.4 Å². The Morgan fingerprint density at radius 1 is 2.00 bits per heavy atom. The molecule has 0 bridgehead atoms. The highest BCUT2D eigenvalue weighted by Crippen LogP contribution is 1.73. The van der Waals surface area contributed by atoms with E-state index in [1.165, 1.54) is 5.94 Å². The van der Waals surface area contributed by atoms with Crippen molar-refractivity contribution in [1.29, 1.82) is 0 Å².